The minimum absolute atomic E-state index is 0.0985. The van der Waals surface area contributed by atoms with E-state index in [-0.39, 0.29) is 17.4 Å². The van der Waals surface area contributed by atoms with Crippen LogP contribution in [0.2, 0.25) is 0 Å². The zero-order chi connectivity index (χ0) is 15.6. The molecule has 3 N–H and O–H groups in total. The van der Waals surface area contributed by atoms with Crippen LogP contribution in [0, 0.1) is 16.0 Å². The van der Waals surface area contributed by atoms with Crippen LogP contribution in [0.4, 0.5) is 5.82 Å². The molecular weight excluding hydrogens is 272 g/mol. The van der Waals surface area contributed by atoms with E-state index in [2.05, 4.69) is 12.2 Å². The van der Waals surface area contributed by atoms with Crippen LogP contribution in [-0.4, -0.2) is 27.5 Å². The number of carbonyl (C=O) groups is 1. The summed E-state index contributed by atoms with van der Waals surface area (Å²) < 4.78 is 1.30. The second-order valence-electron chi connectivity index (χ2n) is 5.85. The number of nitrogens with one attached hydrogen (secondary N) is 1. The van der Waals surface area contributed by atoms with Gasteiger partial charge in [-0.3, -0.25) is 4.79 Å². The van der Waals surface area contributed by atoms with Crippen molar-refractivity contribution in [3.8, 4) is 0 Å². The molecule has 21 heavy (non-hydrogen) atoms. The van der Waals surface area contributed by atoms with Crippen LogP contribution in [0.3, 0.4) is 0 Å². The molecular formula is C14H22N4O3. The number of nitrogens with zero attached hydrogens (tertiary/aromatic N) is 2. The number of amides is 1. The topological polar surface area (TPSA) is 103 Å². The van der Waals surface area contributed by atoms with Crippen molar-refractivity contribution in [2.75, 3.05) is 6.54 Å². The van der Waals surface area contributed by atoms with Gasteiger partial charge in [-0.15, -0.1) is 0 Å². The Balaban J connectivity index is 2.22. The third-order valence-electron chi connectivity index (χ3n) is 4.70. The third kappa shape index (κ3) is 2.78. The maximum Gasteiger partial charge on any atom is 0.323 e. The fourth-order valence-corrected chi connectivity index (χ4v) is 3.16. The van der Waals surface area contributed by atoms with Crippen LogP contribution in [0.25, 0.3) is 0 Å². The van der Waals surface area contributed by atoms with Gasteiger partial charge in [-0.25, -0.2) is 4.57 Å². The molecule has 1 saturated carbocycles. The van der Waals surface area contributed by atoms with Crippen molar-refractivity contribution in [2.45, 2.75) is 38.1 Å². The summed E-state index contributed by atoms with van der Waals surface area (Å²) in [6.07, 6.45) is 4.07. The Hall–Kier alpha value is -1.89. The maximum atomic E-state index is 12.5. The van der Waals surface area contributed by atoms with Gasteiger partial charge in [0.1, 0.15) is 0 Å². The first-order valence-corrected chi connectivity index (χ1v) is 7.24. The maximum absolute atomic E-state index is 12.5. The smallest absolute Gasteiger partial charge is 0.323 e. The predicted molar refractivity (Wildman–Crippen MR) is 79.0 cm³/mol. The monoisotopic (exact) mass is 294 g/mol. The minimum atomic E-state index is -0.501. The zero-order valence-electron chi connectivity index (χ0n) is 12.5. The Morgan fingerprint density at radius 1 is 1.57 bits per heavy atom. The summed E-state index contributed by atoms with van der Waals surface area (Å²) in [5, 5.41) is 13.9. The molecule has 0 saturated heterocycles. The standard InChI is InChI=1S/C14H22N4O3/c1-10-5-3-4-8-14(10,9-15)16-13(19)11-6-7-12(17(11)2)18(20)21/h6-7,10H,3-5,8-9,15H2,1-2H3,(H,16,19). The van der Waals surface area contributed by atoms with Crippen LogP contribution in [0.15, 0.2) is 12.1 Å². The Labute approximate surface area is 123 Å². The molecule has 1 aromatic rings. The molecule has 1 aliphatic rings. The van der Waals surface area contributed by atoms with Crippen molar-refractivity contribution in [3.05, 3.63) is 27.9 Å². The lowest BCUT2D eigenvalue weighted by atomic mass is 9.73. The first kappa shape index (κ1) is 15.5. The molecule has 2 unspecified atom stereocenters. The van der Waals surface area contributed by atoms with Crippen molar-refractivity contribution in [1.82, 2.24) is 9.88 Å². The minimum Gasteiger partial charge on any atom is -0.358 e. The molecule has 0 radical (unpaired) electrons. The summed E-state index contributed by atoms with van der Waals surface area (Å²) in [6.45, 7) is 2.48. The molecule has 1 aromatic heterocycles. The van der Waals surface area contributed by atoms with E-state index in [9.17, 15) is 14.9 Å². The highest BCUT2D eigenvalue weighted by atomic mass is 16.6. The first-order valence-electron chi connectivity index (χ1n) is 7.24. The van der Waals surface area contributed by atoms with E-state index < -0.39 is 10.5 Å². The molecule has 0 aromatic carbocycles. The number of nitrogens with two attached hydrogens (primary N) is 1. The van der Waals surface area contributed by atoms with Crippen molar-refractivity contribution in [1.29, 1.82) is 0 Å². The van der Waals surface area contributed by atoms with E-state index in [0.717, 1.165) is 25.7 Å². The summed E-state index contributed by atoms with van der Waals surface area (Å²) >= 11 is 0. The van der Waals surface area contributed by atoms with Crippen LogP contribution in [0.5, 0.6) is 0 Å². The van der Waals surface area contributed by atoms with Crippen molar-refractivity contribution in [2.24, 2.45) is 18.7 Å². The normalized spacial score (nSPS) is 25.6. The average Bonchev–Trinajstić information content (AvgIpc) is 2.83. The lowest BCUT2D eigenvalue weighted by molar-refractivity contribution is -0.391. The van der Waals surface area contributed by atoms with Crippen LogP contribution in [-0.2, 0) is 7.05 Å². The molecule has 1 heterocycles. The Morgan fingerprint density at radius 3 is 2.81 bits per heavy atom. The Kier molecular flexibility index (Phi) is 4.32. The van der Waals surface area contributed by atoms with E-state index in [4.69, 9.17) is 5.73 Å². The summed E-state index contributed by atoms with van der Waals surface area (Å²) in [4.78, 5) is 22.8. The molecule has 7 nitrogen and oxygen atoms in total. The van der Waals surface area contributed by atoms with Gasteiger partial charge in [0.15, 0.2) is 5.69 Å². The molecule has 0 spiro atoms. The number of hydrogen-bond acceptors (Lipinski definition) is 4. The molecule has 1 aliphatic carbocycles. The van der Waals surface area contributed by atoms with Gasteiger partial charge < -0.3 is 21.2 Å². The van der Waals surface area contributed by atoms with Gasteiger partial charge in [-0.2, -0.15) is 0 Å². The molecule has 1 fully saturated rings. The Bertz CT molecular complexity index is 554. The summed E-state index contributed by atoms with van der Waals surface area (Å²) in [6, 6.07) is 2.82. The van der Waals surface area contributed by atoms with Gasteiger partial charge in [0.25, 0.3) is 5.91 Å². The lowest BCUT2D eigenvalue weighted by Crippen LogP contribution is -2.59. The number of rotatable bonds is 4. The van der Waals surface area contributed by atoms with Crippen molar-refractivity contribution < 1.29 is 9.72 Å². The van der Waals surface area contributed by atoms with E-state index in [1.54, 1.807) is 0 Å². The number of hydrogen-bond donors (Lipinski definition) is 2. The van der Waals surface area contributed by atoms with Crippen LogP contribution >= 0.6 is 0 Å². The average molecular weight is 294 g/mol. The second kappa shape index (κ2) is 5.85. The highest BCUT2D eigenvalue weighted by Crippen LogP contribution is 2.33. The first-order chi connectivity index (χ1) is 9.91. The molecule has 2 rings (SSSR count). The fourth-order valence-electron chi connectivity index (χ4n) is 3.16. The lowest BCUT2D eigenvalue weighted by Gasteiger charge is -2.42. The van der Waals surface area contributed by atoms with Gasteiger partial charge >= 0.3 is 5.82 Å². The molecule has 116 valence electrons. The van der Waals surface area contributed by atoms with E-state index in [0.29, 0.717) is 12.5 Å². The number of aromatic nitrogens is 1. The van der Waals surface area contributed by atoms with Gasteiger partial charge in [0, 0.05) is 12.6 Å². The fraction of sp³-hybridized carbons (Fsp3) is 0.643. The van der Waals surface area contributed by atoms with Crippen molar-refractivity contribution in [3.63, 3.8) is 0 Å². The summed E-state index contributed by atoms with van der Waals surface area (Å²) in [7, 11) is 1.52. The number of carbonyl (C=O) groups excluding carboxylic acids is 1. The largest absolute Gasteiger partial charge is 0.358 e. The highest BCUT2D eigenvalue weighted by molar-refractivity contribution is 5.93. The number of nitro groups is 1. The van der Waals surface area contributed by atoms with Gasteiger partial charge in [0.2, 0.25) is 0 Å². The quantitative estimate of drug-likeness (QED) is 0.649. The summed E-state index contributed by atoms with van der Waals surface area (Å²) in [5.41, 5.74) is 5.79. The highest BCUT2D eigenvalue weighted by Gasteiger charge is 2.39. The van der Waals surface area contributed by atoms with Crippen LogP contribution < -0.4 is 11.1 Å². The molecule has 1 amide bonds. The van der Waals surface area contributed by atoms with E-state index >= 15 is 0 Å². The SMILES string of the molecule is CC1CCCCC1(CN)NC(=O)c1ccc([N+](=O)[O-])n1C. The molecule has 0 aliphatic heterocycles. The van der Waals surface area contributed by atoms with Gasteiger partial charge in [-0.05, 0) is 29.7 Å². The molecule has 2 atom stereocenters. The summed E-state index contributed by atoms with van der Waals surface area (Å²) in [5.74, 6) is -0.0982. The van der Waals surface area contributed by atoms with E-state index in [1.807, 2.05) is 0 Å². The third-order valence-corrected chi connectivity index (χ3v) is 4.70. The van der Waals surface area contributed by atoms with E-state index in [1.165, 1.54) is 23.7 Å². The molecule has 7 heteroatoms. The zero-order valence-corrected chi connectivity index (χ0v) is 12.5. The molecule has 0 bridgehead atoms. The predicted octanol–water partition coefficient (Wildman–Crippen LogP) is 1.57. The second-order valence-corrected chi connectivity index (χ2v) is 5.85. The van der Waals surface area contributed by atoms with Gasteiger partial charge in [-0.1, -0.05) is 19.8 Å². The van der Waals surface area contributed by atoms with Crippen LogP contribution in [0.1, 0.15) is 43.1 Å². The van der Waals surface area contributed by atoms with Crippen molar-refractivity contribution >= 4 is 11.7 Å². The Morgan fingerprint density at radius 2 is 2.29 bits per heavy atom. The van der Waals surface area contributed by atoms with Gasteiger partial charge in [0.05, 0.1) is 12.6 Å².